The van der Waals surface area contributed by atoms with Crippen molar-refractivity contribution in [3.63, 3.8) is 0 Å². The largest absolute Gasteiger partial charge is 0.206 e. The van der Waals surface area contributed by atoms with Gasteiger partial charge < -0.3 is 0 Å². The Hall–Kier alpha value is -2.15. The average Bonchev–Trinajstić information content (AvgIpc) is 3.05. The molecule has 1 aliphatic carbocycles. The number of halogens is 1. The van der Waals surface area contributed by atoms with Gasteiger partial charge in [0.25, 0.3) is 0 Å². The summed E-state index contributed by atoms with van der Waals surface area (Å²) in [7, 11) is 0. The Morgan fingerprint density at radius 3 is 2.38 bits per heavy atom. The molecule has 3 rings (SSSR count). The second-order valence-electron chi connectivity index (χ2n) is 7.52. The van der Waals surface area contributed by atoms with Crippen molar-refractivity contribution in [3.05, 3.63) is 82.7 Å². The number of aryl methyl sites for hydroxylation is 3. The Morgan fingerprint density at radius 2 is 1.73 bits per heavy atom. The molecule has 0 N–H and O–H groups in total. The van der Waals surface area contributed by atoms with Crippen LogP contribution in [0.15, 0.2) is 60.2 Å². The van der Waals surface area contributed by atoms with E-state index in [-0.39, 0.29) is 5.82 Å². The highest BCUT2D eigenvalue weighted by Gasteiger charge is 2.12. The van der Waals surface area contributed by atoms with Crippen molar-refractivity contribution in [1.29, 1.82) is 0 Å². The Bertz CT molecular complexity index is 809. The molecule has 0 radical (unpaired) electrons. The predicted molar refractivity (Wildman–Crippen MR) is 110 cm³/mol. The molecule has 26 heavy (non-hydrogen) atoms. The van der Waals surface area contributed by atoms with Crippen LogP contribution in [0.1, 0.15) is 55.7 Å². The standard InChI is InChI=1S/C25H29F/c1-4-21-16-24(22-13-10-18(2)11-14-22)25(26)17-23(21)8-6-5-7-20-12-9-19(3)15-20/h10-14,16-17H,3-9,15H2,1-2H3. The lowest BCUT2D eigenvalue weighted by Gasteiger charge is -2.13. The number of benzene rings is 2. The molecule has 0 atom stereocenters. The van der Waals surface area contributed by atoms with Gasteiger partial charge in [-0.15, -0.1) is 0 Å². The van der Waals surface area contributed by atoms with Crippen LogP contribution in [-0.4, -0.2) is 0 Å². The van der Waals surface area contributed by atoms with Gasteiger partial charge in [0.1, 0.15) is 5.82 Å². The van der Waals surface area contributed by atoms with Crippen LogP contribution in [0, 0.1) is 12.7 Å². The monoisotopic (exact) mass is 348 g/mol. The van der Waals surface area contributed by atoms with Crippen LogP contribution < -0.4 is 0 Å². The summed E-state index contributed by atoms with van der Waals surface area (Å²) in [6, 6.07) is 11.9. The maximum Gasteiger partial charge on any atom is 0.131 e. The number of hydrogen-bond donors (Lipinski definition) is 0. The van der Waals surface area contributed by atoms with Gasteiger partial charge in [-0.05, 0) is 80.7 Å². The van der Waals surface area contributed by atoms with Gasteiger partial charge in [0.2, 0.25) is 0 Å². The summed E-state index contributed by atoms with van der Waals surface area (Å²) in [6.45, 7) is 8.27. The van der Waals surface area contributed by atoms with Crippen molar-refractivity contribution in [2.24, 2.45) is 0 Å². The van der Waals surface area contributed by atoms with Crippen LogP contribution in [0.3, 0.4) is 0 Å². The summed E-state index contributed by atoms with van der Waals surface area (Å²) in [5, 5.41) is 0. The quantitative estimate of drug-likeness (QED) is 0.362. The smallest absolute Gasteiger partial charge is 0.131 e. The van der Waals surface area contributed by atoms with Crippen molar-refractivity contribution in [1.82, 2.24) is 0 Å². The number of hydrogen-bond acceptors (Lipinski definition) is 0. The minimum atomic E-state index is -0.101. The first-order valence-corrected chi connectivity index (χ1v) is 9.79. The zero-order valence-electron chi connectivity index (χ0n) is 16.1. The number of allylic oxidation sites excluding steroid dienone is 3. The highest BCUT2D eigenvalue weighted by atomic mass is 19.1. The van der Waals surface area contributed by atoms with Crippen molar-refractivity contribution < 1.29 is 4.39 Å². The van der Waals surface area contributed by atoms with Crippen LogP contribution in [0.25, 0.3) is 11.1 Å². The van der Waals surface area contributed by atoms with Crippen LogP contribution in [0.2, 0.25) is 0 Å². The molecule has 0 aliphatic heterocycles. The van der Waals surface area contributed by atoms with Crippen LogP contribution in [0.5, 0.6) is 0 Å². The van der Waals surface area contributed by atoms with Gasteiger partial charge in [-0.25, -0.2) is 4.39 Å². The lowest BCUT2D eigenvalue weighted by molar-refractivity contribution is 0.625. The van der Waals surface area contributed by atoms with Gasteiger partial charge in [0.05, 0.1) is 0 Å². The molecule has 136 valence electrons. The van der Waals surface area contributed by atoms with E-state index in [1.807, 2.05) is 24.3 Å². The SMILES string of the molecule is C=C1CC=C(CCCCc2cc(F)c(-c3ccc(C)cc3)cc2CC)C1. The summed E-state index contributed by atoms with van der Waals surface area (Å²) in [5.74, 6) is -0.101. The Balaban J connectivity index is 1.66. The summed E-state index contributed by atoms with van der Waals surface area (Å²) < 4.78 is 14.7. The maximum atomic E-state index is 14.7. The second kappa shape index (κ2) is 8.49. The highest BCUT2D eigenvalue weighted by molar-refractivity contribution is 5.66. The number of unbranched alkanes of at least 4 members (excludes halogenated alkanes) is 1. The molecule has 0 spiro atoms. The van der Waals surface area contributed by atoms with Crippen LogP contribution >= 0.6 is 0 Å². The van der Waals surface area contributed by atoms with E-state index in [2.05, 4.69) is 32.6 Å². The van der Waals surface area contributed by atoms with Gasteiger partial charge in [0.15, 0.2) is 0 Å². The molecule has 1 aliphatic rings. The zero-order chi connectivity index (χ0) is 18.5. The van der Waals surface area contributed by atoms with Crippen molar-refractivity contribution in [2.75, 3.05) is 0 Å². The molecule has 0 heterocycles. The van der Waals surface area contributed by atoms with E-state index >= 15 is 0 Å². The molecule has 0 bridgehead atoms. The van der Waals surface area contributed by atoms with Crippen LogP contribution in [-0.2, 0) is 12.8 Å². The third-order valence-corrected chi connectivity index (χ3v) is 5.38. The molecule has 0 saturated carbocycles. The molecular weight excluding hydrogens is 319 g/mol. The normalized spacial score (nSPS) is 14.0. The predicted octanol–water partition coefficient (Wildman–Crippen LogP) is 7.35. The fourth-order valence-corrected chi connectivity index (χ4v) is 3.79. The molecule has 0 nitrogen and oxygen atoms in total. The van der Waals surface area contributed by atoms with E-state index in [9.17, 15) is 4.39 Å². The Morgan fingerprint density at radius 1 is 1.00 bits per heavy atom. The first-order valence-electron chi connectivity index (χ1n) is 9.79. The zero-order valence-corrected chi connectivity index (χ0v) is 16.1. The maximum absolute atomic E-state index is 14.7. The van der Waals surface area contributed by atoms with E-state index in [0.29, 0.717) is 0 Å². The minimum absolute atomic E-state index is 0.101. The van der Waals surface area contributed by atoms with Crippen molar-refractivity contribution in [2.45, 2.75) is 58.8 Å². The van der Waals surface area contributed by atoms with Gasteiger partial charge in [-0.3, -0.25) is 0 Å². The van der Waals surface area contributed by atoms with E-state index in [4.69, 9.17) is 0 Å². The molecule has 0 fully saturated rings. The third kappa shape index (κ3) is 4.52. The molecule has 0 saturated heterocycles. The summed E-state index contributed by atoms with van der Waals surface area (Å²) in [4.78, 5) is 0. The van der Waals surface area contributed by atoms with Gasteiger partial charge in [-0.1, -0.05) is 60.6 Å². The topological polar surface area (TPSA) is 0 Å². The van der Waals surface area contributed by atoms with Gasteiger partial charge >= 0.3 is 0 Å². The summed E-state index contributed by atoms with van der Waals surface area (Å²) >= 11 is 0. The Kier molecular flexibility index (Phi) is 6.08. The molecule has 2 aromatic carbocycles. The third-order valence-electron chi connectivity index (χ3n) is 5.38. The highest BCUT2D eigenvalue weighted by Crippen LogP contribution is 2.29. The first kappa shape index (κ1) is 18.6. The fraction of sp³-hybridized carbons (Fsp3) is 0.360. The summed E-state index contributed by atoms with van der Waals surface area (Å²) in [6.07, 6.45) is 9.81. The van der Waals surface area contributed by atoms with Gasteiger partial charge in [-0.2, -0.15) is 0 Å². The lowest BCUT2D eigenvalue weighted by Crippen LogP contribution is -1.98. The molecule has 2 aromatic rings. The van der Waals surface area contributed by atoms with E-state index in [0.717, 1.165) is 49.7 Å². The second-order valence-corrected chi connectivity index (χ2v) is 7.52. The van der Waals surface area contributed by atoms with E-state index < -0.39 is 0 Å². The van der Waals surface area contributed by atoms with Crippen molar-refractivity contribution in [3.8, 4) is 11.1 Å². The summed E-state index contributed by atoms with van der Waals surface area (Å²) in [5.41, 5.74) is 8.19. The van der Waals surface area contributed by atoms with Gasteiger partial charge in [0, 0.05) is 5.56 Å². The fourth-order valence-electron chi connectivity index (χ4n) is 3.79. The molecular formula is C25H29F. The Labute approximate surface area is 157 Å². The van der Waals surface area contributed by atoms with E-state index in [1.165, 1.54) is 34.3 Å². The molecule has 0 aromatic heterocycles. The van der Waals surface area contributed by atoms with Crippen molar-refractivity contribution >= 4 is 0 Å². The lowest BCUT2D eigenvalue weighted by atomic mass is 9.93. The first-order chi connectivity index (χ1) is 12.6. The average molecular weight is 349 g/mol. The molecule has 0 amide bonds. The molecule has 1 heteroatoms. The van der Waals surface area contributed by atoms with Crippen LogP contribution in [0.4, 0.5) is 4.39 Å². The minimum Gasteiger partial charge on any atom is -0.206 e. The van der Waals surface area contributed by atoms with E-state index in [1.54, 1.807) is 6.07 Å². The number of rotatable bonds is 7. The molecule has 0 unspecified atom stereocenters.